The number of hydrogen-bond acceptors (Lipinski definition) is 4. The summed E-state index contributed by atoms with van der Waals surface area (Å²) in [7, 11) is 0. The second kappa shape index (κ2) is 8.68. The summed E-state index contributed by atoms with van der Waals surface area (Å²) in [5, 5.41) is 2.61. The summed E-state index contributed by atoms with van der Waals surface area (Å²) in [5.41, 5.74) is 1.02. The largest absolute Gasteiger partial charge is 0.494 e. The first kappa shape index (κ1) is 16.7. The number of carbonyl (C=O) groups is 2. The van der Waals surface area contributed by atoms with Crippen LogP contribution in [-0.4, -0.2) is 29.8 Å². The van der Waals surface area contributed by atoms with E-state index in [0.717, 1.165) is 18.6 Å². The van der Waals surface area contributed by atoms with Crippen molar-refractivity contribution in [2.75, 3.05) is 13.2 Å². The number of aromatic nitrogens is 1. The van der Waals surface area contributed by atoms with Gasteiger partial charge in [0.1, 0.15) is 5.75 Å². The van der Waals surface area contributed by atoms with Gasteiger partial charge in [-0.2, -0.15) is 0 Å². The zero-order chi connectivity index (χ0) is 16.5. The number of nitrogens with zero attached hydrogens (tertiary/aromatic N) is 1. The van der Waals surface area contributed by atoms with Crippen molar-refractivity contribution >= 4 is 11.7 Å². The second-order valence-corrected chi connectivity index (χ2v) is 5.07. The summed E-state index contributed by atoms with van der Waals surface area (Å²) in [6.45, 7) is 2.73. The molecule has 0 aliphatic rings. The van der Waals surface area contributed by atoms with Crippen LogP contribution in [0.25, 0.3) is 0 Å². The molecule has 5 heteroatoms. The molecule has 0 aliphatic heterocycles. The molecule has 0 bridgehead atoms. The fraction of sp³-hybridized carbons (Fsp3) is 0.278. The summed E-state index contributed by atoms with van der Waals surface area (Å²) in [4.78, 5) is 27.8. The van der Waals surface area contributed by atoms with Crippen LogP contribution in [-0.2, 0) is 0 Å². The van der Waals surface area contributed by atoms with Gasteiger partial charge >= 0.3 is 0 Å². The SMILES string of the molecule is CCCCOc1ccc(C(=O)CNC(=O)c2ccncc2)cc1. The smallest absolute Gasteiger partial charge is 0.251 e. The summed E-state index contributed by atoms with van der Waals surface area (Å²) in [5.74, 6) is 0.309. The van der Waals surface area contributed by atoms with Crippen molar-refractivity contribution in [2.45, 2.75) is 19.8 Å². The first-order valence-electron chi connectivity index (χ1n) is 7.65. The van der Waals surface area contributed by atoms with E-state index >= 15 is 0 Å². The molecule has 1 aromatic heterocycles. The quantitative estimate of drug-likeness (QED) is 0.601. The van der Waals surface area contributed by atoms with Gasteiger partial charge < -0.3 is 10.1 Å². The molecule has 5 nitrogen and oxygen atoms in total. The van der Waals surface area contributed by atoms with Crippen molar-refractivity contribution in [3.63, 3.8) is 0 Å². The summed E-state index contributed by atoms with van der Waals surface area (Å²) in [6.07, 6.45) is 5.15. The molecule has 0 saturated carbocycles. The number of ketones is 1. The van der Waals surface area contributed by atoms with E-state index in [1.165, 1.54) is 12.4 Å². The Morgan fingerprint density at radius 3 is 2.39 bits per heavy atom. The lowest BCUT2D eigenvalue weighted by molar-refractivity contribution is 0.0904. The van der Waals surface area contributed by atoms with Gasteiger partial charge in [-0.3, -0.25) is 14.6 Å². The third-order valence-electron chi connectivity index (χ3n) is 3.29. The molecule has 0 aliphatic carbocycles. The number of unbranched alkanes of at least 4 members (excludes halogenated alkanes) is 1. The normalized spacial score (nSPS) is 10.1. The Labute approximate surface area is 135 Å². The van der Waals surface area contributed by atoms with Crippen LogP contribution >= 0.6 is 0 Å². The van der Waals surface area contributed by atoms with Gasteiger partial charge in [0.15, 0.2) is 5.78 Å². The molecule has 2 aromatic rings. The van der Waals surface area contributed by atoms with Gasteiger partial charge in [-0.25, -0.2) is 0 Å². The first-order valence-corrected chi connectivity index (χ1v) is 7.65. The highest BCUT2D eigenvalue weighted by molar-refractivity contribution is 6.02. The number of rotatable bonds is 8. The molecule has 0 atom stereocenters. The van der Waals surface area contributed by atoms with Gasteiger partial charge in [-0.15, -0.1) is 0 Å². The number of amides is 1. The van der Waals surface area contributed by atoms with Crippen LogP contribution in [0, 0.1) is 0 Å². The van der Waals surface area contributed by atoms with Gasteiger partial charge in [0.25, 0.3) is 5.91 Å². The van der Waals surface area contributed by atoms with E-state index in [0.29, 0.717) is 17.7 Å². The molecule has 1 aromatic carbocycles. The molecule has 1 amide bonds. The maximum absolute atomic E-state index is 12.1. The van der Waals surface area contributed by atoms with E-state index in [9.17, 15) is 9.59 Å². The standard InChI is InChI=1S/C18H20N2O3/c1-2-3-12-23-16-6-4-14(5-7-16)17(21)13-20-18(22)15-8-10-19-11-9-15/h4-11H,2-3,12-13H2,1H3,(H,20,22). The predicted molar refractivity (Wildman–Crippen MR) is 87.7 cm³/mol. The van der Waals surface area contributed by atoms with Crippen molar-refractivity contribution in [1.82, 2.24) is 10.3 Å². The highest BCUT2D eigenvalue weighted by atomic mass is 16.5. The molecular weight excluding hydrogens is 292 g/mol. The van der Waals surface area contributed by atoms with E-state index in [4.69, 9.17) is 4.74 Å². The topological polar surface area (TPSA) is 68.3 Å². The molecule has 0 radical (unpaired) electrons. The lowest BCUT2D eigenvalue weighted by atomic mass is 10.1. The fourth-order valence-corrected chi connectivity index (χ4v) is 1.94. The van der Waals surface area contributed by atoms with Gasteiger partial charge in [-0.05, 0) is 42.8 Å². The molecule has 1 N–H and O–H groups in total. The number of pyridine rings is 1. The molecule has 0 saturated heterocycles. The minimum atomic E-state index is -0.291. The van der Waals surface area contributed by atoms with E-state index in [1.807, 2.05) is 0 Å². The number of nitrogens with one attached hydrogen (secondary N) is 1. The highest BCUT2D eigenvalue weighted by Gasteiger charge is 2.09. The molecule has 1 heterocycles. The van der Waals surface area contributed by atoms with E-state index in [2.05, 4.69) is 17.2 Å². The molecule has 2 rings (SSSR count). The molecular formula is C18H20N2O3. The average Bonchev–Trinajstić information content (AvgIpc) is 2.61. The predicted octanol–water partition coefficient (Wildman–Crippen LogP) is 2.87. The number of benzene rings is 1. The van der Waals surface area contributed by atoms with E-state index in [1.54, 1.807) is 36.4 Å². The minimum absolute atomic E-state index is 0.0444. The fourth-order valence-electron chi connectivity index (χ4n) is 1.94. The molecule has 23 heavy (non-hydrogen) atoms. The van der Waals surface area contributed by atoms with Crippen LogP contribution in [0.2, 0.25) is 0 Å². The van der Waals surface area contributed by atoms with Crippen LogP contribution in [0.3, 0.4) is 0 Å². The zero-order valence-corrected chi connectivity index (χ0v) is 13.1. The van der Waals surface area contributed by atoms with Crippen molar-refractivity contribution in [3.8, 4) is 5.75 Å². The lowest BCUT2D eigenvalue weighted by Gasteiger charge is -2.07. The van der Waals surface area contributed by atoms with Crippen molar-refractivity contribution in [3.05, 3.63) is 59.9 Å². The van der Waals surface area contributed by atoms with Crippen LogP contribution in [0.4, 0.5) is 0 Å². The van der Waals surface area contributed by atoms with Crippen LogP contribution in [0.15, 0.2) is 48.8 Å². The average molecular weight is 312 g/mol. The Balaban J connectivity index is 1.84. The molecule has 0 spiro atoms. The maximum atomic E-state index is 12.1. The monoisotopic (exact) mass is 312 g/mol. The summed E-state index contributed by atoms with van der Waals surface area (Å²) >= 11 is 0. The Morgan fingerprint density at radius 2 is 1.74 bits per heavy atom. The van der Waals surface area contributed by atoms with Crippen molar-refractivity contribution in [2.24, 2.45) is 0 Å². The van der Waals surface area contributed by atoms with Gasteiger partial charge in [0.2, 0.25) is 0 Å². The Kier molecular flexibility index (Phi) is 6.29. The number of carbonyl (C=O) groups excluding carboxylic acids is 2. The van der Waals surface area contributed by atoms with Crippen molar-refractivity contribution in [1.29, 1.82) is 0 Å². The lowest BCUT2D eigenvalue weighted by Crippen LogP contribution is -2.29. The minimum Gasteiger partial charge on any atom is -0.494 e. The highest BCUT2D eigenvalue weighted by Crippen LogP contribution is 2.13. The summed E-state index contributed by atoms with van der Waals surface area (Å²) < 4.78 is 5.55. The van der Waals surface area contributed by atoms with Gasteiger partial charge in [0.05, 0.1) is 13.2 Å². The maximum Gasteiger partial charge on any atom is 0.251 e. The van der Waals surface area contributed by atoms with Gasteiger partial charge in [0, 0.05) is 23.5 Å². The molecule has 0 unspecified atom stereocenters. The van der Waals surface area contributed by atoms with E-state index < -0.39 is 0 Å². The van der Waals surface area contributed by atoms with E-state index in [-0.39, 0.29) is 18.2 Å². The third kappa shape index (κ3) is 5.21. The molecule has 120 valence electrons. The zero-order valence-electron chi connectivity index (χ0n) is 13.1. The number of hydrogen-bond donors (Lipinski definition) is 1. The van der Waals surface area contributed by atoms with Gasteiger partial charge in [-0.1, -0.05) is 13.3 Å². The first-order chi connectivity index (χ1) is 11.2. The number of Topliss-reactive ketones (excluding diaryl/α,β-unsaturated/α-hetero) is 1. The van der Waals surface area contributed by atoms with Crippen LogP contribution < -0.4 is 10.1 Å². The van der Waals surface area contributed by atoms with Crippen molar-refractivity contribution < 1.29 is 14.3 Å². The third-order valence-corrected chi connectivity index (χ3v) is 3.29. The summed E-state index contributed by atoms with van der Waals surface area (Å²) in [6, 6.07) is 10.2. The second-order valence-electron chi connectivity index (χ2n) is 5.07. The Hall–Kier alpha value is -2.69. The Morgan fingerprint density at radius 1 is 1.04 bits per heavy atom. The number of ether oxygens (including phenoxy) is 1. The van der Waals surface area contributed by atoms with Crippen LogP contribution in [0.5, 0.6) is 5.75 Å². The van der Waals surface area contributed by atoms with Crippen LogP contribution in [0.1, 0.15) is 40.5 Å². The molecule has 0 fully saturated rings. The Bertz CT molecular complexity index is 639.